The fourth-order valence-corrected chi connectivity index (χ4v) is 1.85. The molecule has 0 spiro atoms. The Balaban J connectivity index is 2.14. The summed E-state index contributed by atoms with van der Waals surface area (Å²) in [5.74, 6) is 0.283. The van der Waals surface area contributed by atoms with Gasteiger partial charge in [-0.3, -0.25) is 0 Å². The highest BCUT2D eigenvalue weighted by molar-refractivity contribution is 5.96. The average molecular weight is 206 g/mol. The third-order valence-electron chi connectivity index (χ3n) is 2.69. The lowest BCUT2D eigenvalue weighted by atomic mass is 10.0. The van der Waals surface area contributed by atoms with Gasteiger partial charge in [0.05, 0.1) is 13.7 Å². The van der Waals surface area contributed by atoms with Gasteiger partial charge in [0, 0.05) is 5.56 Å². The minimum atomic E-state index is -0.301. The molecule has 2 aliphatic rings. The van der Waals surface area contributed by atoms with Crippen molar-refractivity contribution in [1.29, 1.82) is 0 Å². The third kappa shape index (κ3) is 1.29. The monoisotopic (exact) mass is 206 g/mol. The average Bonchev–Trinajstić information content (AvgIpc) is 3.03. The Morgan fingerprint density at radius 3 is 2.93 bits per heavy atom. The molecule has 2 heterocycles. The molecule has 0 amide bonds. The Kier molecular flexibility index (Phi) is 1.73. The summed E-state index contributed by atoms with van der Waals surface area (Å²) < 4.78 is 15.4. The molecule has 1 atom stereocenters. The molecule has 3 rings (SSSR count). The van der Waals surface area contributed by atoms with Gasteiger partial charge in [-0.15, -0.1) is 0 Å². The standard InChI is InChI=1S/C11H10O4/c1-13-8-3-6(9-5-14-9)2-7-4-15-11(12)10(7)8/h2-3,9H,4-5H2,1H3/t9-/m0/s1. The number of benzene rings is 1. The van der Waals surface area contributed by atoms with Crippen molar-refractivity contribution in [3.8, 4) is 5.75 Å². The number of methoxy groups -OCH3 is 1. The normalized spacial score (nSPS) is 22.2. The number of rotatable bonds is 2. The van der Waals surface area contributed by atoms with E-state index < -0.39 is 0 Å². The minimum absolute atomic E-state index is 0.167. The number of carbonyl (C=O) groups is 1. The fraction of sp³-hybridized carbons (Fsp3) is 0.364. The number of hydrogen-bond donors (Lipinski definition) is 0. The van der Waals surface area contributed by atoms with Crippen LogP contribution in [0.25, 0.3) is 0 Å². The van der Waals surface area contributed by atoms with Crippen LogP contribution in [0.1, 0.15) is 27.6 Å². The maximum Gasteiger partial charge on any atom is 0.342 e. The molecule has 0 N–H and O–H groups in total. The summed E-state index contributed by atoms with van der Waals surface area (Å²) in [6.45, 7) is 1.09. The van der Waals surface area contributed by atoms with Crippen LogP contribution < -0.4 is 4.74 Å². The van der Waals surface area contributed by atoms with E-state index >= 15 is 0 Å². The van der Waals surface area contributed by atoms with E-state index in [1.807, 2.05) is 12.1 Å². The molecule has 0 aromatic heterocycles. The second kappa shape index (κ2) is 2.97. The Bertz CT molecular complexity index is 434. The van der Waals surface area contributed by atoms with Crippen LogP contribution in [0.3, 0.4) is 0 Å². The van der Waals surface area contributed by atoms with E-state index in [0.717, 1.165) is 17.7 Å². The molecule has 4 heteroatoms. The molecule has 4 nitrogen and oxygen atoms in total. The van der Waals surface area contributed by atoms with Crippen molar-refractivity contribution in [2.75, 3.05) is 13.7 Å². The Morgan fingerprint density at radius 1 is 1.47 bits per heavy atom. The fourth-order valence-electron chi connectivity index (χ4n) is 1.85. The summed E-state index contributed by atoms with van der Waals surface area (Å²) in [5, 5.41) is 0. The number of fused-ring (bicyclic) bond motifs is 1. The summed E-state index contributed by atoms with van der Waals surface area (Å²) in [6.07, 6.45) is 0.167. The first-order valence-corrected chi connectivity index (χ1v) is 4.79. The number of ether oxygens (including phenoxy) is 3. The molecule has 1 aromatic rings. The molecule has 1 saturated heterocycles. The predicted octanol–water partition coefficient (Wildman–Crippen LogP) is 1.44. The Morgan fingerprint density at radius 2 is 2.27 bits per heavy atom. The smallest absolute Gasteiger partial charge is 0.342 e. The van der Waals surface area contributed by atoms with Crippen LogP contribution in [-0.4, -0.2) is 19.7 Å². The van der Waals surface area contributed by atoms with Crippen LogP contribution in [0.4, 0.5) is 0 Å². The second-order valence-electron chi connectivity index (χ2n) is 3.66. The first-order valence-electron chi connectivity index (χ1n) is 4.79. The molecular formula is C11H10O4. The summed E-state index contributed by atoms with van der Waals surface area (Å²) in [4.78, 5) is 11.4. The highest BCUT2D eigenvalue weighted by Crippen LogP contribution is 2.37. The van der Waals surface area contributed by atoms with Crippen LogP contribution in [0, 0.1) is 0 Å². The molecule has 0 unspecified atom stereocenters. The largest absolute Gasteiger partial charge is 0.496 e. The molecule has 0 aliphatic carbocycles. The van der Waals surface area contributed by atoms with E-state index in [0.29, 0.717) is 17.9 Å². The van der Waals surface area contributed by atoms with Crippen molar-refractivity contribution < 1.29 is 19.0 Å². The van der Waals surface area contributed by atoms with E-state index in [9.17, 15) is 4.79 Å². The van der Waals surface area contributed by atoms with E-state index in [1.165, 1.54) is 0 Å². The van der Waals surface area contributed by atoms with Gasteiger partial charge in [0.25, 0.3) is 0 Å². The maximum absolute atomic E-state index is 11.4. The highest BCUT2D eigenvalue weighted by Gasteiger charge is 2.31. The van der Waals surface area contributed by atoms with Gasteiger partial charge in [-0.2, -0.15) is 0 Å². The number of epoxide rings is 1. The van der Waals surface area contributed by atoms with Crippen LogP contribution in [0.15, 0.2) is 12.1 Å². The SMILES string of the molecule is COc1cc([C@@H]2CO2)cc2c1C(=O)OC2. The molecular weight excluding hydrogens is 196 g/mol. The predicted molar refractivity (Wildman–Crippen MR) is 50.8 cm³/mol. The van der Waals surface area contributed by atoms with Crippen LogP contribution >= 0.6 is 0 Å². The zero-order chi connectivity index (χ0) is 10.4. The highest BCUT2D eigenvalue weighted by atomic mass is 16.6. The summed E-state index contributed by atoms with van der Waals surface area (Å²) >= 11 is 0. The number of carbonyl (C=O) groups excluding carboxylic acids is 1. The molecule has 0 bridgehead atoms. The maximum atomic E-state index is 11.4. The van der Waals surface area contributed by atoms with Crippen molar-refractivity contribution in [2.45, 2.75) is 12.7 Å². The van der Waals surface area contributed by atoms with Crippen molar-refractivity contribution in [3.05, 3.63) is 28.8 Å². The number of cyclic esters (lactones) is 1. The topological polar surface area (TPSA) is 48.1 Å². The molecule has 0 saturated carbocycles. The van der Waals surface area contributed by atoms with E-state index in [2.05, 4.69) is 0 Å². The van der Waals surface area contributed by atoms with Gasteiger partial charge in [0.15, 0.2) is 0 Å². The lowest BCUT2D eigenvalue weighted by molar-refractivity contribution is 0.0533. The first-order chi connectivity index (χ1) is 7.29. The molecule has 78 valence electrons. The van der Waals surface area contributed by atoms with E-state index in [-0.39, 0.29) is 12.1 Å². The van der Waals surface area contributed by atoms with Crippen LogP contribution in [-0.2, 0) is 16.1 Å². The number of esters is 1. The molecule has 1 fully saturated rings. The minimum Gasteiger partial charge on any atom is -0.496 e. The second-order valence-corrected chi connectivity index (χ2v) is 3.66. The summed E-state index contributed by atoms with van der Waals surface area (Å²) in [6, 6.07) is 3.81. The quantitative estimate of drug-likeness (QED) is 0.542. The van der Waals surface area contributed by atoms with Gasteiger partial charge >= 0.3 is 5.97 Å². The van der Waals surface area contributed by atoms with Crippen molar-refractivity contribution in [1.82, 2.24) is 0 Å². The zero-order valence-corrected chi connectivity index (χ0v) is 8.28. The van der Waals surface area contributed by atoms with Crippen molar-refractivity contribution in [2.24, 2.45) is 0 Å². The summed E-state index contributed by atoms with van der Waals surface area (Å²) in [7, 11) is 1.55. The van der Waals surface area contributed by atoms with Crippen molar-refractivity contribution in [3.63, 3.8) is 0 Å². The number of hydrogen-bond acceptors (Lipinski definition) is 4. The zero-order valence-electron chi connectivity index (χ0n) is 8.28. The van der Waals surface area contributed by atoms with Crippen LogP contribution in [0.5, 0.6) is 5.75 Å². The van der Waals surface area contributed by atoms with Gasteiger partial charge in [-0.25, -0.2) is 4.79 Å². The Labute approximate surface area is 86.7 Å². The molecule has 2 aliphatic heterocycles. The van der Waals surface area contributed by atoms with Crippen molar-refractivity contribution >= 4 is 5.97 Å². The van der Waals surface area contributed by atoms with Gasteiger partial charge in [0.1, 0.15) is 24.0 Å². The Hall–Kier alpha value is -1.55. The lowest BCUT2D eigenvalue weighted by Gasteiger charge is -2.06. The third-order valence-corrected chi connectivity index (χ3v) is 2.69. The summed E-state index contributed by atoms with van der Waals surface area (Å²) in [5.41, 5.74) is 2.51. The molecule has 1 aromatic carbocycles. The van der Waals surface area contributed by atoms with Gasteiger partial charge in [-0.1, -0.05) is 0 Å². The van der Waals surface area contributed by atoms with E-state index in [4.69, 9.17) is 14.2 Å². The molecule has 15 heavy (non-hydrogen) atoms. The van der Waals surface area contributed by atoms with Gasteiger partial charge in [-0.05, 0) is 17.7 Å². The van der Waals surface area contributed by atoms with Crippen LogP contribution in [0.2, 0.25) is 0 Å². The molecule has 0 radical (unpaired) electrons. The van der Waals surface area contributed by atoms with E-state index in [1.54, 1.807) is 7.11 Å². The lowest BCUT2D eigenvalue weighted by Crippen LogP contribution is -1.99. The van der Waals surface area contributed by atoms with Gasteiger partial charge in [0.2, 0.25) is 0 Å². The van der Waals surface area contributed by atoms with Gasteiger partial charge < -0.3 is 14.2 Å². The first kappa shape index (κ1) is 8.73.